The highest BCUT2D eigenvalue weighted by molar-refractivity contribution is 7.17. The molecule has 2 aromatic rings. The van der Waals surface area contributed by atoms with Crippen LogP contribution in [0.1, 0.15) is 65.4 Å². The van der Waals surface area contributed by atoms with Crippen LogP contribution in [0.2, 0.25) is 0 Å². The molecule has 214 valence electrons. The van der Waals surface area contributed by atoms with E-state index >= 15 is 0 Å². The number of rotatable bonds is 8. The van der Waals surface area contributed by atoms with Crippen molar-refractivity contribution < 1.29 is 41.4 Å². The molecule has 0 radical (unpaired) electrons. The molecule has 2 aliphatic heterocycles. The second-order valence-electron chi connectivity index (χ2n) is 9.48. The summed E-state index contributed by atoms with van der Waals surface area (Å²) in [6.45, 7) is 3.64. The molecule has 0 bridgehead atoms. The van der Waals surface area contributed by atoms with Crippen LogP contribution >= 0.6 is 11.3 Å². The topological polar surface area (TPSA) is 117 Å². The number of amides is 2. The molecule has 0 aliphatic carbocycles. The first-order chi connectivity index (χ1) is 18.4. The van der Waals surface area contributed by atoms with Gasteiger partial charge in [-0.05, 0) is 32.3 Å². The van der Waals surface area contributed by atoms with E-state index in [1.165, 1.54) is 11.8 Å². The van der Waals surface area contributed by atoms with Gasteiger partial charge in [0.1, 0.15) is 17.6 Å². The van der Waals surface area contributed by atoms with Crippen molar-refractivity contribution in [3.8, 4) is 10.4 Å². The van der Waals surface area contributed by atoms with Gasteiger partial charge in [0, 0.05) is 29.9 Å². The number of aliphatic hydroxyl groups is 1. The molecule has 2 fully saturated rings. The van der Waals surface area contributed by atoms with Crippen molar-refractivity contribution in [2.45, 2.75) is 69.9 Å². The fraction of sp³-hybridized carbons (Fsp3) is 0.583. The normalized spacial score (nSPS) is 22.4. The van der Waals surface area contributed by atoms with Gasteiger partial charge in [0.05, 0.1) is 30.2 Å². The van der Waals surface area contributed by atoms with E-state index in [4.69, 9.17) is 4.74 Å². The molecule has 9 nitrogen and oxygen atoms in total. The third kappa shape index (κ3) is 6.30. The smallest absolute Gasteiger partial charge is 0.388 e. The van der Waals surface area contributed by atoms with Crippen LogP contribution in [0.3, 0.4) is 0 Å². The lowest BCUT2D eigenvalue weighted by atomic mass is 10.1. The Hall–Kier alpha value is -2.91. The standard InChI is InChI=1S/C24H28F5N5O4S/c1-3-16(24(27,28)29)32-17-7-12(20(25)26)13(8-30-17)19-18(23(37)34-6-4-5-11(34)2)33-22(39-19)21(36)31-14-9-38-10-15(14)35/h7-8,11,14-16,20,35H,3-6,9-10H2,1-2H3,(H,30,32)(H,31,36)/t11-,14-,15+,16?/m0/s1. The number of likely N-dealkylation sites (tertiary alicyclic amines) is 1. The second-order valence-corrected chi connectivity index (χ2v) is 10.5. The van der Waals surface area contributed by atoms with Crippen molar-refractivity contribution in [3.63, 3.8) is 0 Å². The molecular weight excluding hydrogens is 549 g/mol. The van der Waals surface area contributed by atoms with Gasteiger partial charge in [-0.15, -0.1) is 11.3 Å². The minimum Gasteiger partial charge on any atom is -0.388 e. The number of carbonyl (C=O) groups excluding carboxylic acids is 2. The summed E-state index contributed by atoms with van der Waals surface area (Å²) < 4.78 is 73.2. The molecule has 4 atom stereocenters. The van der Waals surface area contributed by atoms with Gasteiger partial charge in [0.15, 0.2) is 5.01 Å². The van der Waals surface area contributed by atoms with E-state index in [-0.39, 0.29) is 46.8 Å². The van der Waals surface area contributed by atoms with E-state index in [0.717, 1.165) is 25.1 Å². The first kappa shape index (κ1) is 29.1. The zero-order valence-corrected chi connectivity index (χ0v) is 21.9. The molecule has 0 saturated carbocycles. The highest BCUT2D eigenvalue weighted by atomic mass is 32.1. The van der Waals surface area contributed by atoms with Gasteiger partial charge in [-0.1, -0.05) is 6.92 Å². The van der Waals surface area contributed by atoms with E-state index in [0.29, 0.717) is 17.9 Å². The molecule has 1 unspecified atom stereocenters. The van der Waals surface area contributed by atoms with E-state index in [9.17, 15) is 36.6 Å². The Morgan fingerprint density at radius 3 is 2.62 bits per heavy atom. The predicted molar refractivity (Wildman–Crippen MR) is 132 cm³/mol. The lowest BCUT2D eigenvalue weighted by molar-refractivity contribution is -0.142. The average Bonchev–Trinajstić information content (AvgIpc) is 3.61. The fourth-order valence-corrected chi connectivity index (χ4v) is 5.53. The van der Waals surface area contributed by atoms with Crippen molar-refractivity contribution in [3.05, 3.63) is 28.5 Å². The maximum absolute atomic E-state index is 14.2. The second kappa shape index (κ2) is 11.7. The summed E-state index contributed by atoms with van der Waals surface area (Å²) in [5.41, 5.74) is -1.11. The number of halogens is 5. The molecule has 4 heterocycles. The van der Waals surface area contributed by atoms with E-state index in [1.807, 2.05) is 6.92 Å². The molecule has 39 heavy (non-hydrogen) atoms. The first-order valence-electron chi connectivity index (χ1n) is 12.4. The summed E-state index contributed by atoms with van der Waals surface area (Å²) in [5.74, 6) is -1.69. The van der Waals surface area contributed by atoms with Crippen LogP contribution < -0.4 is 10.6 Å². The first-order valence-corrected chi connectivity index (χ1v) is 13.2. The third-order valence-electron chi connectivity index (χ3n) is 6.75. The van der Waals surface area contributed by atoms with Gasteiger partial charge >= 0.3 is 6.18 Å². The van der Waals surface area contributed by atoms with Crippen molar-refractivity contribution in [1.29, 1.82) is 0 Å². The van der Waals surface area contributed by atoms with Crippen LogP contribution in [0.4, 0.5) is 27.8 Å². The van der Waals surface area contributed by atoms with Crippen molar-refractivity contribution >= 4 is 29.0 Å². The van der Waals surface area contributed by atoms with E-state index in [1.54, 1.807) is 0 Å². The number of alkyl halides is 5. The summed E-state index contributed by atoms with van der Waals surface area (Å²) in [4.78, 5) is 36.0. The molecule has 2 aliphatic rings. The van der Waals surface area contributed by atoms with Crippen LogP contribution in [0.25, 0.3) is 10.4 Å². The third-order valence-corrected chi connectivity index (χ3v) is 7.83. The average molecular weight is 578 g/mol. The van der Waals surface area contributed by atoms with Crippen LogP contribution in [-0.4, -0.2) is 82.0 Å². The molecule has 2 aromatic heterocycles. The summed E-state index contributed by atoms with van der Waals surface area (Å²) >= 11 is 0.687. The number of aliphatic hydroxyl groups excluding tert-OH is 1. The van der Waals surface area contributed by atoms with Crippen molar-refractivity contribution in [1.82, 2.24) is 20.2 Å². The Bertz CT molecular complexity index is 1210. The molecule has 2 saturated heterocycles. The number of hydrogen-bond donors (Lipinski definition) is 3. The maximum atomic E-state index is 14.2. The predicted octanol–water partition coefficient (Wildman–Crippen LogP) is 4.01. The van der Waals surface area contributed by atoms with Crippen LogP contribution in [-0.2, 0) is 4.74 Å². The van der Waals surface area contributed by atoms with Gasteiger partial charge in [-0.3, -0.25) is 9.59 Å². The van der Waals surface area contributed by atoms with Crippen molar-refractivity contribution in [2.75, 3.05) is 25.1 Å². The zero-order chi connectivity index (χ0) is 28.5. The number of thiazole rings is 1. The highest BCUT2D eigenvalue weighted by Crippen LogP contribution is 2.39. The Balaban J connectivity index is 1.74. The summed E-state index contributed by atoms with van der Waals surface area (Å²) in [6, 6.07) is -2.04. The minimum atomic E-state index is -4.62. The quantitative estimate of drug-likeness (QED) is 0.406. The summed E-state index contributed by atoms with van der Waals surface area (Å²) in [6.07, 6.45) is -6.61. The van der Waals surface area contributed by atoms with Crippen LogP contribution in [0.5, 0.6) is 0 Å². The number of nitrogens with one attached hydrogen (secondary N) is 2. The van der Waals surface area contributed by atoms with Gasteiger partial charge in [0.2, 0.25) is 0 Å². The number of aromatic nitrogens is 2. The molecule has 3 N–H and O–H groups in total. The lowest BCUT2D eigenvalue weighted by Crippen LogP contribution is -2.42. The number of carbonyl (C=O) groups is 2. The van der Waals surface area contributed by atoms with Gasteiger partial charge in [0.25, 0.3) is 18.2 Å². The Morgan fingerprint density at radius 1 is 1.31 bits per heavy atom. The molecule has 4 rings (SSSR count). The van der Waals surface area contributed by atoms with Gasteiger partial charge < -0.3 is 25.4 Å². The minimum absolute atomic E-state index is 0.0294. The molecule has 0 spiro atoms. The van der Waals surface area contributed by atoms with Crippen LogP contribution in [0.15, 0.2) is 12.3 Å². The summed E-state index contributed by atoms with van der Waals surface area (Å²) in [5, 5.41) is 14.5. The highest BCUT2D eigenvalue weighted by Gasteiger charge is 2.39. The van der Waals surface area contributed by atoms with Crippen LogP contribution in [0, 0.1) is 0 Å². The monoisotopic (exact) mass is 577 g/mol. The molecule has 0 aromatic carbocycles. The number of ether oxygens (including phenoxy) is 1. The molecule has 15 heteroatoms. The SMILES string of the molecule is CCC(Nc1cc(C(F)F)c(-c2sc(C(=O)N[C@H]3COC[C@H]3O)nc2C(=O)N2CCC[C@@H]2C)cn1)C(F)(F)F. The number of hydrogen-bond acceptors (Lipinski definition) is 8. The molecular formula is C24H28F5N5O4S. The maximum Gasteiger partial charge on any atom is 0.408 e. The van der Waals surface area contributed by atoms with Gasteiger partial charge in [-0.25, -0.2) is 18.7 Å². The number of pyridine rings is 1. The van der Waals surface area contributed by atoms with Gasteiger partial charge in [-0.2, -0.15) is 13.2 Å². The number of nitrogens with zero attached hydrogens (tertiary/aromatic N) is 3. The fourth-order valence-electron chi connectivity index (χ4n) is 4.54. The Labute approximate surface area is 224 Å². The Morgan fingerprint density at radius 2 is 2.05 bits per heavy atom. The van der Waals surface area contributed by atoms with E-state index < -0.39 is 54.0 Å². The summed E-state index contributed by atoms with van der Waals surface area (Å²) in [7, 11) is 0. The molecule has 2 amide bonds. The number of anilines is 1. The zero-order valence-electron chi connectivity index (χ0n) is 21.1. The largest absolute Gasteiger partial charge is 0.408 e. The van der Waals surface area contributed by atoms with Crippen molar-refractivity contribution in [2.24, 2.45) is 0 Å². The lowest BCUT2D eigenvalue weighted by Gasteiger charge is -2.22. The Kier molecular flexibility index (Phi) is 8.71. The van der Waals surface area contributed by atoms with E-state index in [2.05, 4.69) is 20.6 Å².